The van der Waals surface area contributed by atoms with Gasteiger partial charge in [-0.15, -0.1) is 24.0 Å². The zero-order chi connectivity index (χ0) is 46.8. The minimum absolute atomic E-state index is 0. The van der Waals surface area contributed by atoms with Gasteiger partial charge in [0, 0.05) is 11.6 Å². The maximum Gasteiger partial charge on any atom is 0.0250 e. The van der Waals surface area contributed by atoms with Gasteiger partial charge in [0.05, 0.1) is 0 Å². The zero-order valence-electron chi connectivity index (χ0n) is 40.6. The summed E-state index contributed by atoms with van der Waals surface area (Å²) >= 11 is 0. The third-order valence-electron chi connectivity index (χ3n) is 13.3. The molecule has 4 N–H and O–H groups in total. The Balaban J connectivity index is 0.000000293. The fourth-order valence-electron chi connectivity index (χ4n) is 9.43. The van der Waals surface area contributed by atoms with E-state index >= 15 is 0 Å². The highest BCUT2D eigenvalue weighted by molar-refractivity contribution is 14.0. The second kappa shape index (κ2) is 23.9. The van der Waals surface area contributed by atoms with Gasteiger partial charge in [0.15, 0.2) is 0 Å². The van der Waals surface area contributed by atoms with Gasteiger partial charge in [-0.25, -0.2) is 0 Å². The minimum Gasteiger partial charge on any atom is -0.344 e. The molecule has 0 atom stereocenters. The van der Waals surface area contributed by atoms with E-state index in [2.05, 4.69) is 216 Å². The van der Waals surface area contributed by atoms with Crippen LogP contribution >= 0.6 is 24.0 Å². The molecule has 2 nitrogen and oxygen atoms in total. The molecule has 3 aliphatic rings. The Labute approximate surface area is 429 Å². The summed E-state index contributed by atoms with van der Waals surface area (Å²) in [7, 11) is 0. The number of halogens is 1. The van der Waals surface area contributed by atoms with Crippen LogP contribution in [0.2, 0.25) is 0 Å². The minimum atomic E-state index is -0.0610. The van der Waals surface area contributed by atoms with Gasteiger partial charge in [-0.2, -0.15) is 0 Å². The third-order valence-corrected chi connectivity index (χ3v) is 13.3. The number of fused-ring (bicyclic) bond motifs is 3. The van der Waals surface area contributed by atoms with E-state index in [0.717, 1.165) is 18.4 Å². The van der Waals surface area contributed by atoms with E-state index < -0.39 is 0 Å². The third kappa shape index (κ3) is 12.2. The lowest BCUT2D eigenvalue weighted by Gasteiger charge is -2.22. The Morgan fingerprint density at radius 1 is 0.565 bits per heavy atom. The summed E-state index contributed by atoms with van der Waals surface area (Å²) in [6.45, 7) is 17.1. The van der Waals surface area contributed by atoms with Crippen molar-refractivity contribution in [1.29, 1.82) is 5.41 Å². The summed E-state index contributed by atoms with van der Waals surface area (Å²) in [4.78, 5) is 0. The lowest BCUT2D eigenvalue weighted by molar-refractivity contribution is 0.660. The van der Waals surface area contributed by atoms with Crippen LogP contribution in [0.3, 0.4) is 0 Å². The highest BCUT2D eigenvalue weighted by Gasteiger charge is 2.35. The number of hydrogen-bond acceptors (Lipinski definition) is 2. The number of benzene rings is 7. The second-order valence-electron chi connectivity index (χ2n) is 18.1. The van der Waals surface area contributed by atoms with Gasteiger partial charge in [-0.05, 0) is 152 Å². The van der Waals surface area contributed by atoms with Gasteiger partial charge in [0.1, 0.15) is 0 Å². The van der Waals surface area contributed by atoms with Crippen LogP contribution in [0.5, 0.6) is 0 Å². The molecular weight excluding hydrogens is 948 g/mol. The molecule has 3 aliphatic carbocycles. The summed E-state index contributed by atoms with van der Waals surface area (Å²) in [5.41, 5.74) is 24.5. The van der Waals surface area contributed by atoms with Crippen LogP contribution < -0.4 is 6.15 Å². The first-order valence-electron chi connectivity index (χ1n) is 23.6. The van der Waals surface area contributed by atoms with Crippen LogP contribution in [-0.4, -0.2) is 6.21 Å². The van der Waals surface area contributed by atoms with Crippen molar-refractivity contribution in [3.8, 4) is 44.5 Å². The van der Waals surface area contributed by atoms with Crippen LogP contribution in [0, 0.1) is 5.41 Å². The van der Waals surface area contributed by atoms with E-state index in [0.29, 0.717) is 0 Å². The molecule has 10 rings (SSSR count). The average Bonchev–Trinajstić information content (AvgIpc) is 3.79. The van der Waals surface area contributed by atoms with Crippen molar-refractivity contribution in [1.82, 2.24) is 6.15 Å². The fraction of sp³-hybridized carbons (Fsp3) is 0.136. The maximum absolute atomic E-state index is 6.82. The number of hydrogen-bond donors (Lipinski definition) is 2. The van der Waals surface area contributed by atoms with Gasteiger partial charge < -0.3 is 11.6 Å². The predicted molar refractivity (Wildman–Crippen MR) is 311 cm³/mol. The van der Waals surface area contributed by atoms with E-state index in [1.807, 2.05) is 37.3 Å². The van der Waals surface area contributed by atoms with Crippen molar-refractivity contribution >= 4 is 42.3 Å². The Bertz CT molecular complexity index is 3080. The summed E-state index contributed by atoms with van der Waals surface area (Å²) in [5, 5.41) is 6.82. The Hall–Kier alpha value is -6.92. The molecule has 0 saturated heterocycles. The van der Waals surface area contributed by atoms with E-state index in [4.69, 9.17) is 5.41 Å². The number of allylic oxidation sites excluding steroid dienone is 10. The smallest absolute Gasteiger partial charge is 0.0250 e. The zero-order valence-corrected chi connectivity index (χ0v) is 43.0. The Morgan fingerprint density at radius 3 is 1.78 bits per heavy atom. The van der Waals surface area contributed by atoms with E-state index in [9.17, 15) is 0 Å². The molecule has 0 amide bonds. The summed E-state index contributed by atoms with van der Waals surface area (Å²) in [5.74, 6) is 0. The molecule has 0 heterocycles. The van der Waals surface area contributed by atoms with Gasteiger partial charge in [0.2, 0.25) is 0 Å². The van der Waals surface area contributed by atoms with E-state index in [1.54, 1.807) is 0 Å². The normalized spacial score (nSPS) is 14.1. The Kier molecular flexibility index (Phi) is 17.8. The summed E-state index contributed by atoms with van der Waals surface area (Å²) < 4.78 is 0. The average molecular weight is 1010 g/mol. The Morgan fingerprint density at radius 2 is 1.13 bits per heavy atom. The van der Waals surface area contributed by atoms with Crippen molar-refractivity contribution in [2.75, 3.05) is 0 Å². The van der Waals surface area contributed by atoms with Crippen molar-refractivity contribution in [3.05, 3.63) is 275 Å². The first kappa shape index (κ1) is 51.5. The molecule has 346 valence electrons. The molecule has 7 aromatic carbocycles. The first-order chi connectivity index (χ1) is 32.6. The van der Waals surface area contributed by atoms with Gasteiger partial charge >= 0.3 is 0 Å². The van der Waals surface area contributed by atoms with Crippen LogP contribution in [0.15, 0.2) is 241 Å². The lowest BCUT2D eigenvalue weighted by Crippen LogP contribution is -2.15. The number of nitrogens with one attached hydrogen (secondary N) is 1. The van der Waals surface area contributed by atoms with E-state index in [-0.39, 0.29) is 35.5 Å². The molecule has 0 aliphatic heterocycles. The topological polar surface area (TPSA) is 58.9 Å². The molecule has 7 aromatic rings. The molecule has 3 heteroatoms. The van der Waals surface area contributed by atoms with Crippen LogP contribution in [0.4, 0.5) is 0 Å². The van der Waals surface area contributed by atoms with Gasteiger partial charge in [-0.1, -0.05) is 233 Å². The predicted octanol–water partition coefficient (Wildman–Crippen LogP) is 18.8. The second-order valence-corrected chi connectivity index (χ2v) is 18.1. The summed E-state index contributed by atoms with van der Waals surface area (Å²) in [6, 6.07) is 60.7. The molecule has 0 unspecified atom stereocenters. The lowest BCUT2D eigenvalue weighted by atomic mass is 9.81. The fourth-order valence-corrected chi connectivity index (χ4v) is 9.43. The van der Waals surface area contributed by atoms with Gasteiger partial charge in [0.25, 0.3) is 0 Å². The summed E-state index contributed by atoms with van der Waals surface area (Å²) in [6.07, 6.45) is 20.9. The molecule has 0 radical (unpaired) electrons. The molecule has 0 fully saturated rings. The van der Waals surface area contributed by atoms with Gasteiger partial charge in [-0.3, -0.25) is 0 Å². The number of rotatable bonds is 9. The van der Waals surface area contributed by atoms with Crippen molar-refractivity contribution in [2.45, 2.75) is 58.8 Å². The van der Waals surface area contributed by atoms with Crippen LogP contribution in [0.25, 0.3) is 56.7 Å². The highest BCUT2D eigenvalue weighted by Crippen LogP contribution is 2.50. The van der Waals surface area contributed by atoms with E-state index in [1.165, 1.54) is 119 Å². The van der Waals surface area contributed by atoms with Crippen molar-refractivity contribution in [3.63, 3.8) is 0 Å². The molecular formula is C66H65IN2. The molecule has 0 bridgehead atoms. The monoisotopic (exact) mass is 1010 g/mol. The largest absolute Gasteiger partial charge is 0.344 e. The molecule has 69 heavy (non-hydrogen) atoms. The van der Waals surface area contributed by atoms with Crippen molar-refractivity contribution in [2.24, 2.45) is 0 Å². The van der Waals surface area contributed by atoms with Crippen molar-refractivity contribution < 1.29 is 0 Å². The highest BCUT2D eigenvalue weighted by atomic mass is 127. The molecule has 0 saturated carbocycles. The molecule has 0 aromatic heterocycles. The standard InChI is InChI=1S/C47H40.C12H14.C7H7N.HI.H3N/c1-4-5-7-13-36-24-28-43-44-29-27-42(33-46(44)47(2,3)45(43)31-36)41-21-12-20-40(32-41)39-19-11-16-35(30-39)15-10-14-34-22-25-38(26-23-34)37-17-8-6-9-18-37;1-8-5-4-6-11-10(3)9(2)7-12(8)11;8-6-7-4-2-1-3-5-7;;/h4-14,16-33H,15H2,1-3H3;5H,2-4,6-7H2,1H3;1-6,8H;1H;1H3/b5-4-,13-7-,14-10+;;;;. The molecule has 0 spiro atoms. The maximum atomic E-state index is 6.82. The first-order valence-corrected chi connectivity index (χ1v) is 23.6. The van der Waals surface area contributed by atoms with Crippen LogP contribution in [0.1, 0.15) is 80.3 Å². The SMILES string of the molecule is C/C=C\C=C/c1ccc2c(c1)C(C)(C)c1cc(-c3cccc(-c4cccc(C/C=C/c5ccc(-c6ccccc6)cc5)c4)c3)ccc1-2.C=C1CC2=C(CCC=C2C)C1=C.I.N.N=Cc1ccccc1. The quantitative estimate of drug-likeness (QED) is 0.0845. The van der Waals surface area contributed by atoms with Crippen LogP contribution in [-0.2, 0) is 11.8 Å².